The lowest BCUT2D eigenvalue weighted by molar-refractivity contribution is -0.384. The van der Waals surface area contributed by atoms with Crippen molar-refractivity contribution in [3.63, 3.8) is 0 Å². The molecule has 7 heteroatoms. The molecule has 22 heavy (non-hydrogen) atoms. The third kappa shape index (κ3) is 3.08. The maximum atomic E-state index is 11.0. The molecule has 1 aliphatic carbocycles. The summed E-state index contributed by atoms with van der Waals surface area (Å²) in [4.78, 5) is 15.1. The molecule has 0 spiro atoms. The van der Waals surface area contributed by atoms with Crippen molar-refractivity contribution in [2.45, 2.75) is 44.6 Å². The van der Waals surface area contributed by atoms with E-state index in [0.717, 1.165) is 37.3 Å². The number of nitrogens with one attached hydrogen (secondary N) is 2. The molecule has 0 saturated heterocycles. The zero-order chi connectivity index (χ0) is 15.5. The number of H-pyrrole nitrogens is 1. The van der Waals surface area contributed by atoms with Crippen LogP contribution in [0.5, 0.6) is 0 Å². The number of aromatic amines is 1. The first kappa shape index (κ1) is 14.5. The van der Waals surface area contributed by atoms with Crippen molar-refractivity contribution in [3.05, 3.63) is 46.0 Å². The second kappa shape index (κ2) is 6.13. The molecule has 116 valence electrons. The summed E-state index contributed by atoms with van der Waals surface area (Å²) in [6, 6.07) is 7.06. The highest BCUT2D eigenvalue weighted by Gasteiger charge is 2.26. The fourth-order valence-corrected chi connectivity index (χ4v) is 3.01. The van der Waals surface area contributed by atoms with Crippen LogP contribution in [0, 0.1) is 17.0 Å². The molecule has 0 bridgehead atoms. The van der Waals surface area contributed by atoms with Crippen LogP contribution < -0.4 is 5.32 Å². The Morgan fingerprint density at radius 1 is 1.27 bits per heavy atom. The standard InChI is InChI=1S/C15H19N5O2/c1-10-16-15(19-18-10)11-6-8-12(9-7-11)17-13-4-2-3-5-14(13)20(21)22/h2-5,11-12,17H,6-9H2,1H3,(H,16,18,19). The quantitative estimate of drug-likeness (QED) is 0.668. The zero-order valence-electron chi connectivity index (χ0n) is 12.5. The summed E-state index contributed by atoms with van der Waals surface area (Å²) in [5.74, 6) is 2.12. The van der Waals surface area contributed by atoms with Gasteiger partial charge in [-0.15, -0.1) is 0 Å². The molecule has 2 aromatic rings. The summed E-state index contributed by atoms with van der Waals surface area (Å²) in [6.07, 6.45) is 3.92. The SMILES string of the molecule is Cc1nc(C2CCC(Nc3ccccc3[N+](=O)[O-])CC2)n[nH]1. The van der Waals surface area contributed by atoms with Gasteiger partial charge in [0, 0.05) is 18.0 Å². The number of nitro benzene ring substituents is 1. The number of para-hydroxylation sites is 2. The number of hydrogen-bond acceptors (Lipinski definition) is 5. The van der Waals surface area contributed by atoms with Crippen LogP contribution in [-0.2, 0) is 0 Å². The lowest BCUT2D eigenvalue weighted by atomic mass is 9.85. The Morgan fingerprint density at radius 2 is 2.00 bits per heavy atom. The minimum Gasteiger partial charge on any atom is -0.377 e. The summed E-state index contributed by atoms with van der Waals surface area (Å²) in [5.41, 5.74) is 0.735. The van der Waals surface area contributed by atoms with Gasteiger partial charge < -0.3 is 5.32 Å². The topological polar surface area (TPSA) is 96.7 Å². The lowest BCUT2D eigenvalue weighted by Crippen LogP contribution is -2.26. The Balaban J connectivity index is 1.62. The second-order valence-electron chi connectivity index (χ2n) is 5.75. The predicted octanol–water partition coefficient (Wildman–Crippen LogP) is 3.16. The number of benzene rings is 1. The van der Waals surface area contributed by atoms with Gasteiger partial charge in [-0.1, -0.05) is 12.1 Å². The smallest absolute Gasteiger partial charge is 0.292 e. The fourth-order valence-electron chi connectivity index (χ4n) is 3.01. The van der Waals surface area contributed by atoms with E-state index in [1.54, 1.807) is 12.1 Å². The molecule has 1 aliphatic rings. The van der Waals surface area contributed by atoms with E-state index >= 15 is 0 Å². The van der Waals surface area contributed by atoms with Crippen LogP contribution in [0.2, 0.25) is 0 Å². The van der Waals surface area contributed by atoms with Gasteiger partial charge >= 0.3 is 0 Å². The van der Waals surface area contributed by atoms with Gasteiger partial charge in [0.1, 0.15) is 11.5 Å². The van der Waals surface area contributed by atoms with E-state index in [1.807, 2.05) is 13.0 Å². The molecule has 0 aliphatic heterocycles. The van der Waals surface area contributed by atoms with Crippen LogP contribution in [0.3, 0.4) is 0 Å². The maximum Gasteiger partial charge on any atom is 0.292 e. The van der Waals surface area contributed by atoms with Gasteiger partial charge in [-0.05, 0) is 38.7 Å². The summed E-state index contributed by atoms with van der Waals surface area (Å²) in [7, 11) is 0. The second-order valence-corrected chi connectivity index (χ2v) is 5.75. The molecule has 0 radical (unpaired) electrons. The summed E-state index contributed by atoms with van der Waals surface area (Å²) in [5, 5.41) is 21.5. The number of anilines is 1. The Labute approximate surface area is 128 Å². The highest BCUT2D eigenvalue weighted by atomic mass is 16.6. The normalized spacial score (nSPS) is 21.5. The van der Waals surface area contributed by atoms with Crippen molar-refractivity contribution in [3.8, 4) is 0 Å². The van der Waals surface area contributed by atoms with Gasteiger partial charge in [0.15, 0.2) is 5.82 Å². The van der Waals surface area contributed by atoms with E-state index in [0.29, 0.717) is 11.6 Å². The van der Waals surface area contributed by atoms with Crippen LogP contribution in [0.4, 0.5) is 11.4 Å². The van der Waals surface area contributed by atoms with Gasteiger partial charge in [0.2, 0.25) is 0 Å². The molecular weight excluding hydrogens is 282 g/mol. The molecule has 0 unspecified atom stereocenters. The Bertz CT molecular complexity index is 661. The first-order valence-corrected chi connectivity index (χ1v) is 7.52. The van der Waals surface area contributed by atoms with Gasteiger partial charge in [-0.3, -0.25) is 15.2 Å². The zero-order valence-corrected chi connectivity index (χ0v) is 12.5. The molecule has 0 amide bonds. The Morgan fingerprint density at radius 3 is 2.64 bits per heavy atom. The van der Waals surface area contributed by atoms with Crippen LogP contribution in [0.25, 0.3) is 0 Å². The molecule has 1 heterocycles. The number of aromatic nitrogens is 3. The van der Waals surface area contributed by atoms with Crippen molar-refractivity contribution in [2.24, 2.45) is 0 Å². The van der Waals surface area contributed by atoms with Crippen molar-refractivity contribution in [1.82, 2.24) is 15.2 Å². The molecule has 3 rings (SSSR count). The Kier molecular flexibility index (Phi) is 4.04. The van der Waals surface area contributed by atoms with E-state index in [9.17, 15) is 10.1 Å². The van der Waals surface area contributed by atoms with Crippen LogP contribution in [0.15, 0.2) is 24.3 Å². The number of hydrogen-bond donors (Lipinski definition) is 2. The van der Waals surface area contributed by atoms with E-state index in [-0.39, 0.29) is 16.7 Å². The third-order valence-corrected chi connectivity index (χ3v) is 4.17. The van der Waals surface area contributed by atoms with Gasteiger partial charge in [0.25, 0.3) is 5.69 Å². The highest BCUT2D eigenvalue weighted by molar-refractivity contribution is 5.61. The fraction of sp³-hybridized carbons (Fsp3) is 0.467. The molecule has 1 aromatic heterocycles. The molecule has 1 fully saturated rings. The molecule has 1 saturated carbocycles. The lowest BCUT2D eigenvalue weighted by Gasteiger charge is -2.28. The van der Waals surface area contributed by atoms with Crippen LogP contribution in [-0.4, -0.2) is 26.1 Å². The third-order valence-electron chi connectivity index (χ3n) is 4.17. The summed E-state index contributed by atoms with van der Waals surface area (Å²) >= 11 is 0. The van der Waals surface area contributed by atoms with E-state index in [1.165, 1.54) is 6.07 Å². The highest BCUT2D eigenvalue weighted by Crippen LogP contribution is 2.33. The largest absolute Gasteiger partial charge is 0.377 e. The molecule has 2 N–H and O–H groups in total. The van der Waals surface area contributed by atoms with Crippen molar-refractivity contribution in [2.75, 3.05) is 5.32 Å². The number of aryl methyl sites for hydroxylation is 1. The van der Waals surface area contributed by atoms with Gasteiger partial charge in [-0.2, -0.15) is 5.10 Å². The van der Waals surface area contributed by atoms with Crippen molar-refractivity contribution in [1.29, 1.82) is 0 Å². The van der Waals surface area contributed by atoms with Crippen molar-refractivity contribution < 1.29 is 4.92 Å². The monoisotopic (exact) mass is 301 g/mol. The van der Waals surface area contributed by atoms with E-state index in [2.05, 4.69) is 20.5 Å². The summed E-state index contributed by atoms with van der Waals surface area (Å²) < 4.78 is 0. The molecular formula is C15H19N5O2. The predicted molar refractivity (Wildman–Crippen MR) is 82.8 cm³/mol. The average Bonchev–Trinajstić information content (AvgIpc) is 2.95. The minimum absolute atomic E-state index is 0.134. The van der Waals surface area contributed by atoms with Gasteiger partial charge in [0.05, 0.1) is 4.92 Å². The van der Waals surface area contributed by atoms with Gasteiger partial charge in [-0.25, -0.2) is 4.98 Å². The number of nitrogens with zero attached hydrogens (tertiary/aromatic N) is 3. The Hall–Kier alpha value is -2.44. The van der Waals surface area contributed by atoms with Crippen LogP contribution in [0.1, 0.15) is 43.3 Å². The number of nitro groups is 1. The average molecular weight is 301 g/mol. The van der Waals surface area contributed by atoms with E-state index in [4.69, 9.17) is 0 Å². The molecule has 1 aromatic carbocycles. The van der Waals surface area contributed by atoms with Crippen LogP contribution >= 0.6 is 0 Å². The molecule has 7 nitrogen and oxygen atoms in total. The first-order chi connectivity index (χ1) is 10.6. The summed E-state index contributed by atoms with van der Waals surface area (Å²) in [6.45, 7) is 1.90. The van der Waals surface area contributed by atoms with E-state index < -0.39 is 0 Å². The maximum absolute atomic E-state index is 11.0. The first-order valence-electron chi connectivity index (χ1n) is 7.52. The molecule has 0 atom stereocenters. The number of rotatable bonds is 4. The minimum atomic E-state index is -0.343. The van der Waals surface area contributed by atoms with Crippen molar-refractivity contribution >= 4 is 11.4 Å².